The van der Waals surface area contributed by atoms with Crippen LogP contribution in [-0.2, 0) is 11.3 Å². The molecule has 3 heteroatoms. The van der Waals surface area contributed by atoms with Crippen molar-refractivity contribution in [3.8, 4) is 0 Å². The first kappa shape index (κ1) is 14.4. The van der Waals surface area contributed by atoms with Crippen LogP contribution in [0.1, 0.15) is 32.3 Å². The van der Waals surface area contributed by atoms with E-state index in [1.807, 2.05) is 0 Å². The van der Waals surface area contributed by atoms with E-state index in [-0.39, 0.29) is 6.10 Å². The van der Waals surface area contributed by atoms with Gasteiger partial charge in [-0.2, -0.15) is 0 Å². The lowest BCUT2D eigenvalue weighted by molar-refractivity contribution is 0.106. The summed E-state index contributed by atoms with van der Waals surface area (Å²) in [5.74, 6) is 0. The number of likely N-dealkylation sites (tertiary alicyclic amines) is 1. The van der Waals surface area contributed by atoms with E-state index in [4.69, 9.17) is 4.74 Å². The molecule has 3 nitrogen and oxygen atoms in total. The molecule has 0 amide bonds. The predicted octanol–water partition coefficient (Wildman–Crippen LogP) is 3.12. The second-order valence-corrected chi connectivity index (χ2v) is 5.51. The summed E-state index contributed by atoms with van der Waals surface area (Å²) in [7, 11) is 1.76. The summed E-state index contributed by atoms with van der Waals surface area (Å²) in [5, 5.41) is 3.58. The number of nitrogens with one attached hydrogen (secondary N) is 1. The van der Waals surface area contributed by atoms with Crippen molar-refractivity contribution >= 4 is 5.69 Å². The van der Waals surface area contributed by atoms with Crippen LogP contribution in [0.2, 0.25) is 0 Å². The van der Waals surface area contributed by atoms with Gasteiger partial charge in [-0.05, 0) is 51.4 Å². The highest BCUT2D eigenvalue weighted by Gasteiger charge is 2.16. The molecule has 2 atom stereocenters. The second-order valence-electron chi connectivity index (χ2n) is 5.51. The first-order valence-electron chi connectivity index (χ1n) is 7.30. The third-order valence-corrected chi connectivity index (χ3v) is 4.07. The third-order valence-electron chi connectivity index (χ3n) is 4.07. The van der Waals surface area contributed by atoms with Crippen molar-refractivity contribution in [2.75, 3.05) is 25.5 Å². The maximum Gasteiger partial charge on any atom is 0.0741 e. The van der Waals surface area contributed by atoms with Crippen molar-refractivity contribution in [3.63, 3.8) is 0 Å². The van der Waals surface area contributed by atoms with Crippen LogP contribution in [0.3, 0.4) is 0 Å². The number of benzene rings is 1. The quantitative estimate of drug-likeness (QED) is 0.852. The van der Waals surface area contributed by atoms with Crippen molar-refractivity contribution < 1.29 is 4.74 Å². The molecule has 1 heterocycles. The molecule has 0 saturated carbocycles. The minimum absolute atomic E-state index is 0.208. The highest BCUT2D eigenvalue weighted by Crippen LogP contribution is 2.21. The van der Waals surface area contributed by atoms with E-state index in [0.29, 0.717) is 6.04 Å². The first-order valence-corrected chi connectivity index (χ1v) is 7.30. The minimum Gasteiger partial charge on any atom is -0.380 e. The molecule has 19 heavy (non-hydrogen) atoms. The molecule has 2 rings (SSSR count). The van der Waals surface area contributed by atoms with Crippen LogP contribution >= 0.6 is 0 Å². The van der Waals surface area contributed by atoms with Crippen LogP contribution in [0.5, 0.6) is 0 Å². The number of hydrogen-bond donors (Lipinski definition) is 1. The van der Waals surface area contributed by atoms with Crippen molar-refractivity contribution in [3.05, 3.63) is 29.8 Å². The van der Waals surface area contributed by atoms with E-state index in [0.717, 1.165) is 6.54 Å². The Labute approximate surface area is 116 Å². The topological polar surface area (TPSA) is 24.5 Å². The Bertz CT molecular complexity index is 388. The zero-order valence-electron chi connectivity index (χ0n) is 12.4. The molecule has 1 aromatic carbocycles. The number of hydrogen-bond acceptors (Lipinski definition) is 3. The fraction of sp³-hybridized carbons (Fsp3) is 0.625. The van der Waals surface area contributed by atoms with Gasteiger partial charge in [0.25, 0.3) is 0 Å². The van der Waals surface area contributed by atoms with Crippen LogP contribution < -0.4 is 5.32 Å². The zero-order valence-corrected chi connectivity index (χ0v) is 12.4. The average molecular weight is 262 g/mol. The van der Waals surface area contributed by atoms with E-state index in [1.165, 1.54) is 37.2 Å². The molecular weight excluding hydrogens is 236 g/mol. The SMILES string of the molecule is COC(C)C(C)Nc1ccccc1CN1CCCC1. The molecular formula is C16H26N2O. The molecule has 1 fully saturated rings. The molecule has 106 valence electrons. The standard InChI is InChI=1S/C16H26N2O/c1-13(14(2)19-3)17-16-9-5-4-8-15(16)12-18-10-6-7-11-18/h4-5,8-9,13-14,17H,6-7,10-12H2,1-3H3. The van der Waals surface area contributed by atoms with Crippen molar-refractivity contribution in [2.45, 2.75) is 45.4 Å². The number of rotatable bonds is 6. The highest BCUT2D eigenvalue weighted by molar-refractivity contribution is 5.51. The average Bonchev–Trinajstić information content (AvgIpc) is 2.93. The van der Waals surface area contributed by atoms with Gasteiger partial charge in [-0.25, -0.2) is 0 Å². The van der Waals surface area contributed by atoms with Gasteiger partial charge in [-0.1, -0.05) is 18.2 Å². The number of methoxy groups -OCH3 is 1. The van der Waals surface area contributed by atoms with E-state index in [1.54, 1.807) is 7.11 Å². The van der Waals surface area contributed by atoms with Crippen LogP contribution in [0.25, 0.3) is 0 Å². The Hall–Kier alpha value is -1.06. The highest BCUT2D eigenvalue weighted by atomic mass is 16.5. The third kappa shape index (κ3) is 3.95. The van der Waals surface area contributed by atoms with Gasteiger partial charge in [-0.3, -0.25) is 4.90 Å². The van der Waals surface area contributed by atoms with Crippen LogP contribution in [0.15, 0.2) is 24.3 Å². The van der Waals surface area contributed by atoms with Crippen LogP contribution in [0, 0.1) is 0 Å². The van der Waals surface area contributed by atoms with Gasteiger partial charge in [-0.15, -0.1) is 0 Å². The lowest BCUT2D eigenvalue weighted by Gasteiger charge is -2.24. The molecule has 1 aliphatic heterocycles. The molecule has 0 bridgehead atoms. The molecule has 0 aliphatic carbocycles. The Morgan fingerprint density at radius 2 is 1.89 bits per heavy atom. The summed E-state index contributed by atoms with van der Waals surface area (Å²) in [6, 6.07) is 8.93. The number of ether oxygens (including phenoxy) is 1. The largest absolute Gasteiger partial charge is 0.380 e. The lowest BCUT2D eigenvalue weighted by Crippen LogP contribution is -2.30. The molecule has 1 aliphatic rings. The van der Waals surface area contributed by atoms with Crippen molar-refractivity contribution in [1.29, 1.82) is 0 Å². The van der Waals surface area contributed by atoms with Gasteiger partial charge in [0, 0.05) is 25.4 Å². The van der Waals surface area contributed by atoms with Gasteiger partial charge in [0.05, 0.1) is 6.10 Å². The number of para-hydroxylation sites is 1. The summed E-state index contributed by atoms with van der Waals surface area (Å²) >= 11 is 0. The maximum absolute atomic E-state index is 5.38. The molecule has 1 aromatic rings. The monoisotopic (exact) mass is 262 g/mol. The number of anilines is 1. The van der Waals surface area contributed by atoms with E-state index < -0.39 is 0 Å². The zero-order chi connectivity index (χ0) is 13.7. The smallest absolute Gasteiger partial charge is 0.0741 e. The Balaban J connectivity index is 2.02. The first-order chi connectivity index (χ1) is 9.20. The van der Waals surface area contributed by atoms with Gasteiger partial charge in [0.1, 0.15) is 0 Å². The Morgan fingerprint density at radius 3 is 2.58 bits per heavy atom. The van der Waals surface area contributed by atoms with Crippen LogP contribution in [-0.4, -0.2) is 37.2 Å². The predicted molar refractivity (Wildman–Crippen MR) is 80.5 cm³/mol. The Morgan fingerprint density at radius 1 is 1.21 bits per heavy atom. The normalized spacial score (nSPS) is 19.3. The molecule has 1 saturated heterocycles. The fourth-order valence-electron chi connectivity index (χ4n) is 2.55. The summed E-state index contributed by atoms with van der Waals surface area (Å²) in [6.45, 7) is 7.79. The van der Waals surface area contributed by atoms with E-state index >= 15 is 0 Å². The van der Waals surface area contributed by atoms with Gasteiger partial charge in [0.2, 0.25) is 0 Å². The molecule has 1 N–H and O–H groups in total. The van der Waals surface area contributed by atoms with Crippen LogP contribution in [0.4, 0.5) is 5.69 Å². The summed E-state index contributed by atoms with van der Waals surface area (Å²) in [5.41, 5.74) is 2.63. The summed E-state index contributed by atoms with van der Waals surface area (Å²) in [4.78, 5) is 2.53. The summed E-state index contributed by atoms with van der Waals surface area (Å²) < 4.78 is 5.38. The van der Waals surface area contributed by atoms with Crippen molar-refractivity contribution in [2.24, 2.45) is 0 Å². The van der Waals surface area contributed by atoms with E-state index in [2.05, 4.69) is 48.3 Å². The van der Waals surface area contributed by atoms with Gasteiger partial charge < -0.3 is 10.1 Å². The lowest BCUT2D eigenvalue weighted by atomic mass is 10.1. The van der Waals surface area contributed by atoms with E-state index in [9.17, 15) is 0 Å². The molecule has 2 unspecified atom stereocenters. The van der Waals surface area contributed by atoms with Gasteiger partial charge in [0.15, 0.2) is 0 Å². The minimum atomic E-state index is 0.208. The maximum atomic E-state index is 5.38. The molecule has 0 aromatic heterocycles. The molecule has 0 radical (unpaired) electrons. The molecule has 0 spiro atoms. The fourth-order valence-corrected chi connectivity index (χ4v) is 2.55. The van der Waals surface area contributed by atoms with Gasteiger partial charge >= 0.3 is 0 Å². The number of nitrogens with zero attached hydrogens (tertiary/aromatic N) is 1. The Kier molecular flexibility index (Phi) is 5.23. The second kappa shape index (κ2) is 6.92. The van der Waals surface area contributed by atoms with Crippen molar-refractivity contribution in [1.82, 2.24) is 4.90 Å². The summed E-state index contributed by atoms with van der Waals surface area (Å²) in [6.07, 6.45) is 2.89.